The summed E-state index contributed by atoms with van der Waals surface area (Å²) in [5, 5.41) is 9.54. The number of fused-ring (bicyclic) bond motifs is 2. The lowest BCUT2D eigenvalue weighted by atomic mass is 10.0. The van der Waals surface area contributed by atoms with E-state index in [-0.39, 0.29) is 11.6 Å². The van der Waals surface area contributed by atoms with Gasteiger partial charge in [0.15, 0.2) is 0 Å². The van der Waals surface area contributed by atoms with E-state index in [4.69, 9.17) is 0 Å². The van der Waals surface area contributed by atoms with E-state index < -0.39 is 0 Å². The van der Waals surface area contributed by atoms with Gasteiger partial charge >= 0.3 is 0 Å². The molecule has 0 atom stereocenters. The summed E-state index contributed by atoms with van der Waals surface area (Å²) in [5.41, 5.74) is 3.93. The molecule has 6 nitrogen and oxygen atoms in total. The molecule has 5 rings (SSSR count). The fourth-order valence-electron chi connectivity index (χ4n) is 3.99. The van der Waals surface area contributed by atoms with Crippen molar-refractivity contribution in [3.8, 4) is 11.1 Å². The van der Waals surface area contributed by atoms with E-state index >= 15 is 0 Å². The van der Waals surface area contributed by atoms with Gasteiger partial charge in [0.1, 0.15) is 0 Å². The Balaban J connectivity index is 1.57. The topological polar surface area (TPSA) is 64.7 Å². The molecule has 0 aliphatic carbocycles. The van der Waals surface area contributed by atoms with Crippen molar-refractivity contribution in [2.75, 3.05) is 13.1 Å². The van der Waals surface area contributed by atoms with Gasteiger partial charge in [-0.2, -0.15) is 5.10 Å². The van der Waals surface area contributed by atoms with Crippen LogP contribution >= 0.6 is 0 Å². The third-order valence-corrected chi connectivity index (χ3v) is 5.44. The molecule has 2 aromatic heterocycles. The lowest BCUT2D eigenvalue weighted by Crippen LogP contribution is -2.34. The molecule has 1 aliphatic rings. The number of hydrogen-bond acceptors (Lipinski definition) is 4. The summed E-state index contributed by atoms with van der Waals surface area (Å²) in [7, 11) is 1.92. The summed E-state index contributed by atoms with van der Waals surface area (Å²) < 4.78 is 3.63. The fourth-order valence-corrected chi connectivity index (χ4v) is 3.99. The van der Waals surface area contributed by atoms with Crippen LogP contribution in [0.15, 0.2) is 53.7 Å². The monoisotopic (exact) mass is 359 g/mol. The van der Waals surface area contributed by atoms with Crippen molar-refractivity contribution in [1.29, 1.82) is 0 Å². The molecule has 1 N–H and O–H groups in total. The van der Waals surface area contributed by atoms with Crippen molar-refractivity contribution in [1.82, 2.24) is 24.6 Å². The van der Waals surface area contributed by atoms with Crippen LogP contribution < -0.4 is 10.9 Å². The number of aryl methyl sites for hydroxylation is 1. The van der Waals surface area contributed by atoms with Gasteiger partial charge in [0.2, 0.25) is 0 Å². The summed E-state index contributed by atoms with van der Waals surface area (Å²) in [6, 6.07) is 12.4. The van der Waals surface area contributed by atoms with Crippen LogP contribution in [0.1, 0.15) is 18.9 Å². The van der Waals surface area contributed by atoms with Crippen molar-refractivity contribution >= 4 is 21.8 Å². The quantitative estimate of drug-likeness (QED) is 0.598. The first-order chi connectivity index (χ1) is 13.2. The van der Waals surface area contributed by atoms with Crippen LogP contribution in [-0.4, -0.2) is 32.4 Å². The lowest BCUT2D eigenvalue weighted by molar-refractivity contribution is 0.359. The SMILES string of the molecule is Cn1cc2cc(-c3ccc4c(=O)n(C5CCNCC5)cnc4c3)ccc2n1. The number of hydrogen-bond donors (Lipinski definition) is 1. The summed E-state index contributed by atoms with van der Waals surface area (Å²) in [6.45, 7) is 1.90. The molecule has 0 spiro atoms. The zero-order valence-corrected chi connectivity index (χ0v) is 15.2. The second kappa shape index (κ2) is 6.32. The Bertz CT molecular complexity index is 1200. The first kappa shape index (κ1) is 16.2. The Morgan fingerprint density at radius 1 is 1.04 bits per heavy atom. The lowest BCUT2D eigenvalue weighted by Gasteiger charge is -2.24. The van der Waals surface area contributed by atoms with E-state index in [9.17, 15) is 4.79 Å². The molecule has 4 aromatic rings. The highest BCUT2D eigenvalue weighted by Gasteiger charge is 2.17. The third kappa shape index (κ3) is 2.82. The molecule has 0 saturated carbocycles. The van der Waals surface area contributed by atoms with Crippen LogP contribution in [0.5, 0.6) is 0 Å². The smallest absolute Gasteiger partial charge is 0.261 e. The Morgan fingerprint density at radius 2 is 1.81 bits per heavy atom. The second-order valence-corrected chi connectivity index (χ2v) is 7.25. The fraction of sp³-hybridized carbons (Fsp3) is 0.286. The summed E-state index contributed by atoms with van der Waals surface area (Å²) in [5.74, 6) is 0. The van der Waals surface area contributed by atoms with E-state index in [0.717, 1.165) is 53.5 Å². The maximum Gasteiger partial charge on any atom is 0.261 e. The number of nitrogens with one attached hydrogen (secondary N) is 1. The van der Waals surface area contributed by atoms with E-state index in [0.29, 0.717) is 5.39 Å². The van der Waals surface area contributed by atoms with Crippen molar-refractivity contribution in [3.63, 3.8) is 0 Å². The third-order valence-electron chi connectivity index (χ3n) is 5.44. The largest absolute Gasteiger partial charge is 0.317 e. The molecular weight excluding hydrogens is 338 g/mol. The molecule has 27 heavy (non-hydrogen) atoms. The van der Waals surface area contributed by atoms with Crippen molar-refractivity contribution in [3.05, 3.63) is 59.3 Å². The number of piperidine rings is 1. The van der Waals surface area contributed by atoms with Crippen LogP contribution in [-0.2, 0) is 7.05 Å². The van der Waals surface area contributed by atoms with Crippen molar-refractivity contribution in [2.24, 2.45) is 7.05 Å². The highest BCUT2D eigenvalue weighted by molar-refractivity contribution is 5.88. The average molecular weight is 359 g/mol. The maximum atomic E-state index is 12.9. The summed E-state index contributed by atoms with van der Waals surface area (Å²) >= 11 is 0. The number of rotatable bonds is 2. The van der Waals surface area contributed by atoms with Gasteiger partial charge in [-0.25, -0.2) is 4.98 Å². The summed E-state index contributed by atoms with van der Waals surface area (Å²) in [6.07, 6.45) is 5.66. The molecular formula is C21H21N5O. The van der Waals surface area contributed by atoms with Crippen LogP contribution in [0.4, 0.5) is 0 Å². The van der Waals surface area contributed by atoms with E-state index in [1.807, 2.05) is 46.8 Å². The average Bonchev–Trinajstić information content (AvgIpc) is 3.08. The van der Waals surface area contributed by atoms with E-state index in [2.05, 4.69) is 27.5 Å². The van der Waals surface area contributed by atoms with Crippen LogP contribution in [0.25, 0.3) is 32.9 Å². The standard InChI is InChI=1S/C21H21N5O/c1-25-12-16-10-14(3-5-19(16)24-25)15-2-4-18-20(11-15)23-13-26(21(18)27)17-6-8-22-9-7-17/h2-5,10-13,17,22H,6-9H2,1H3. The van der Waals surface area contributed by atoms with E-state index in [1.165, 1.54) is 0 Å². The Hall–Kier alpha value is -2.99. The molecule has 1 aliphatic heterocycles. The van der Waals surface area contributed by atoms with Crippen LogP contribution in [0.3, 0.4) is 0 Å². The minimum absolute atomic E-state index is 0.0566. The molecule has 3 heterocycles. The molecule has 0 bridgehead atoms. The minimum atomic E-state index is 0.0566. The normalized spacial score (nSPS) is 15.6. The molecule has 0 unspecified atom stereocenters. The Kier molecular flexibility index (Phi) is 3.79. The second-order valence-electron chi connectivity index (χ2n) is 7.25. The molecule has 0 amide bonds. The van der Waals surface area contributed by atoms with Gasteiger partial charge < -0.3 is 5.32 Å². The number of aromatic nitrogens is 4. The molecule has 6 heteroatoms. The first-order valence-corrected chi connectivity index (χ1v) is 9.34. The van der Waals surface area contributed by atoms with Gasteiger partial charge in [0.25, 0.3) is 5.56 Å². The molecule has 1 saturated heterocycles. The van der Waals surface area contributed by atoms with Crippen molar-refractivity contribution in [2.45, 2.75) is 18.9 Å². The number of benzene rings is 2. The molecule has 1 fully saturated rings. The maximum absolute atomic E-state index is 12.9. The van der Waals surface area contributed by atoms with Crippen molar-refractivity contribution < 1.29 is 0 Å². The zero-order valence-electron chi connectivity index (χ0n) is 15.2. The van der Waals surface area contributed by atoms with Crippen LogP contribution in [0, 0.1) is 0 Å². The predicted octanol–water partition coefficient (Wildman–Crippen LogP) is 2.87. The van der Waals surface area contributed by atoms with Gasteiger partial charge in [-0.15, -0.1) is 0 Å². The Labute approximate surface area is 156 Å². The Morgan fingerprint density at radius 3 is 2.67 bits per heavy atom. The van der Waals surface area contributed by atoms with Gasteiger partial charge in [0.05, 0.1) is 22.7 Å². The highest BCUT2D eigenvalue weighted by Crippen LogP contribution is 2.26. The highest BCUT2D eigenvalue weighted by atomic mass is 16.1. The molecule has 136 valence electrons. The van der Waals surface area contributed by atoms with Gasteiger partial charge in [-0.1, -0.05) is 12.1 Å². The van der Waals surface area contributed by atoms with Gasteiger partial charge in [0, 0.05) is 24.7 Å². The van der Waals surface area contributed by atoms with Crippen LogP contribution in [0.2, 0.25) is 0 Å². The number of nitrogens with zero attached hydrogens (tertiary/aromatic N) is 4. The van der Waals surface area contributed by atoms with Gasteiger partial charge in [-0.05, 0) is 61.3 Å². The predicted molar refractivity (Wildman–Crippen MR) is 107 cm³/mol. The van der Waals surface area contributed by atoms with Gasteiger partial charge in [-0.3, -0.25) is 14.0 Å². The zero-order chi connectivity index (χ0) is 18.4. The van der Waals surface area contributed by atoms with E-state index in [1.54, 1.807) is 6.33 Å². The molecule has 2 aromatic carbocycles. The molecule has 0 radical (unpaired) electrons. The summed E-state index contributed by atoms with van der Waals surface area (Å²) in [4.78, 5) is 17.5. The minimum Gasteiger partial charge on any atom is -0.317 e. The first-order valence-electron chi connectivity index (χ1n) is 9.34.